The Morgan fingerprint density at radius 2 is 2.00 bits per heavy atom. The Kier molecular flexibility index (Phi) is 4.04. The van der Waals surface area contributed by atoms with Crippen LogP contribution in [0.5, 0.6) is 0 Å². The van der Waals surface area contributed by atoms with E-state index < -0.39 is 12.0 Å². The highest BCUT2D eigenvalue weighted by Crippen LogP contribution is 2.34. The molecule has 0 amide bonds. The molecule has 4 rings (SSSR count). The maximum Gasteiger partial charge on any atom is 0.451 e. The van der Waals surface area contributed by atoms with E-state index in [0.29, 0.717) is 24.5 Å². The fourth-order valence-electron chi connectivity index (χ4n) is 3.36. The van der Waals surface area contributed by atoms with Crippen LogP contribution in [-0.2, 0) is 12.7 Å². The number of fused-ring (bicyclic) bond motifs is 1. The second-order valence-corrected chi connectivity index (χ2v) is 6.36. The Balaban J connectivity index is 1.58. The maximum absolute atomic E-state index is 13.1. The van der Waals surface area contributed by atoms with Crippen LogP contribution in [-0.4, -0.2) is 42.8 Å². The number of rotatable bonds is 3. The molecule has 1 aliphatic heterocycles. The first-order valence-electron chi connectivity index (χ1n) is 8.51. The van der Waals surface area contributed by atoms with Gasteiger partial charge in [-0.3, -0.25) is 4.68 Å². The number of hydrogen-bond donors (Lipinski definition) is 1. The molecule has 0 radical (unpaired) electrons. The van der Waals surface area contributed by atoms with E-state index in [0.717, 1.165) is 19.4 Å². The number of aromatic nitrogens is 6. The van der Waals surface area contributed by atoms with Gasteiger partial charge >= 0.3 is 6.18 Å². The molecular weight excluding hydrogens is 347 g/mol. The highest BCUT2D eigenvalue weighted by Gasteiger charge is 2.37. The predicted molar refractivity (Wildman–Crippen MR) is 88.8 cm³/mol. The third kappa shape index (κ3) is 2.99. The van der Waals surface area contributed by atoms with Crippen LogP contribution in [0.15, 0.2) is 18.7 Å². The van der Waals surface area contributed by atoms with Crippen molar-refractivity contribution in [1.29, 1.82) is 0 Å². The first kappa shape index (κ1) is 16.8. The van der Waals surface area contributed by atoms with Gasteiger partial charge in [-0.2, -0.15) is 18.3 Å². The van der Waals surface area contributed by atoms with Crippen molar-refractivity contribution >= 4 is 17.0 Å². The number of halogens is 3. The lowest BCUT2D eigenvalue weighted by atomic mass is 9.91. The van der Waals surface area contributed by atoms with Crippen molar-refractivity contribution in [3.63, 3.8) is 0 Å². The first-order chi connectivity index (χ1) is 12.5. The summed E-state index contributed by atoms with van der Waals surface area (Å²) < 4.78 is 41.2. The van der Waals surface area contributed by atoms with Crippen molar-refractivity contribution in [2.45, 2.75) is 38.4 Å². The van der Waals surface area contributed by atoms with Crippen LogP contribution in [0, 0.1) is 0 Å². The normalized spacial score (nSPS) is 16.5. The molecule has 0 bridgehead atoms. The fourth-order valence-corrected chi connectivity index (χ4v) is 3.36. The summed E-state index contributed by atoms with van der Waals surface area (Å²) in [6.45, 7) is 4.08. The number of nitrogens with zero attached hydrogens (tertiary/aromatic N) is 6. The van der Waals surface area contributed by atoms with Crippen molar-refractivity contribution in [1.82, 2.24) is 29.7 Å². The number of aromatic amines is 1. The Hall–Kier alpha value is -2.65. The quantitative estimate of drug-likeness (QED) is 0.772. The average molecular weight is 365 g/mol. The van der Waals surface area contributed by atoms with E-state index in [1.807, 2.05) is 28.9 Å². The molecule has 0 saturated carbocycles. The number of alkyl halides is 3. The molecule has 1 N–H and O–H groups in total. The number of aryl methyl sites for hydroxylation is 1. The van der Waals surface area contributed by atoms with Gasteiger partial charge in [-0.15, -0.1) is 0 Å². The van der Waals surface area contributed by atoms with Crippen molar-refractivity contribution in [2.24, 2.45) is 0 Å². The molecule has 26 heavy (non-hydrogen) atoms. The first-order valence-corrected chi connectivity index (χ1v) is 8.51. The molecule has 0 atom stereocenters. The minimum absolute atomic E-state index is 0.0358. The molecule has 7 nitrogen and oxygen atoms in total. The molecule has 138 valence electrons. The van der Waals surface area contributed by atoms with Crippen LogP contribution >= 0.6 is 0 Å². The Labute approximate surface area is 147 Å². The van der Waals surface area contributed by atoms with Crippen LogP contribution in [0.2, 0.25) is 0 Å². The van der Waals surface area contributed by atoms with E-state index in [1.54, 1.807) is 0 Å². The molecule has 10 heteroatoms. The van der Waals surface area contributed by atoms with Gasteiger partial charge < -0.3 is 9.88 Å². The Morgan fingerprint density at radius 3 is 2.65 bits per heavy atom. The van der Waals surface area contributed by atoms with Gasteiger partial charge in [0.25, 0.3) is 0 Å². The van der Waals surface area contributed by atoms with Gasteiger partial charge in [-0.1, -0.05) is 0 Å². The smallest absolute Gasteiger partial charge is 0.355 e. The highest BCUT2D eigenvalue weighted by atomic mass is 19.4. The summed E-state index contributed by atoms with van der Waals surface area (Å²) in [5.41, 5.74) is 1.65. The molecule has 0 aromatic carbocycles. The van der Waals surface area contributed by atoms with Crippen molar-refractivity contribution < 1.29 is 13.2 Å². The highest BCUT2D eigenvalue weighted by molar-refractivity contribution is 5.83. The molecule has 0 aliphatic carbocycles. The van der Waals surface area contributed by atoms with Crippen molar-refractivity contribution in [3.8, 4) is 0 Å². The maximum atomic E-state index is 13.1. The number of anilines is 1. The molecule has 3 aromatic rings. The second-order valence-electron chi connectivity index (χ2n) is 6.36. The number of piperidine rings is 1. The van der Waals surface area contributed by atoms with E-state index in [4.69, 9.17) is 0 Å². The predicted octanol–water partition coefficient (Wildman–Crippen LogP) is 2.97. The minimum Gasteiger partial charge on any atom is -0.355 e. The average Bonchev–Trinajstić information content (AvgIpc) is 3.29. The number of nitrogens with one attached hydrogen (secondary N) is 1. The van der Waals surface area contributed by atoms with Gasteiger partial charge in [0.15, 0.2) is 11.5 Å². The van der Waals surface area contributed by atoms with Gasteiger partial charge in [0.05, 0.1) is 12.5 Å². The standard InChI is InChI=1S/C16H18F3N7/c1-2-26-8-11(7-22-26)10-3-5-25(6-4-10)14-12-13(21-9-20-12)23-15(24-14)16(17,18)19/h7-10H,2-6H2,1H3,(H,20,21,23,24). The SMILES string of the molecule is CCn1cc(C2CCN(c3nc(C(F)(F)F)nc4nc[nH]c34)CC2)cn1. The number of H-pyrrole nitrogens is 1. The third-order valence-corrected chi connectivity index (χ3v) is 4.76. The van der Waals surface area contributed by atoms with E-state index in [-0.39, 0.29) is 11.5 Å². The summed E-state index contributed by atoms with van der Waals surface area (Å²) >= 11 is 0. The zero-order valence-electron chi connectivity index (χ0n) is 14.2. The Bertz CT molecular complexity index is 906. The zero-order chi connectivity index (χ0) is 18.3. The topological polar surface area (TPSA) is 75.5 Å². The molecule has 1 saturated heterocycles. The van der Waals surface area contributed by atoms with Crippen LogP contribution < -0.4 is 4.90 Å². The second kappa shape index (κ2) is 6.26. The molecule has 1 aliphatic rings. The lowest BCUT2D eigenvalue weighted by Crippen LogP contribution is -2.34. The van der Waals surface area contributed by atoms with Crippen LogP contribution in [0.25, 0.3) is 11.2 Å². The summed E-state index contributed by atoms with van der Waals surface area (Å²) in [4.78, 5) is 15.9. The summed E-state index contributed by atoms with van der Waals surface area (Å²) in [6.07, 6.45) is 2.32. The molecule has 4 heterocycles. The molecule has 3 aromatic heterocycles. The zero-order valence-corrected chi connectivity index (χ0v) is 14.2. The van der Waals surface area contributed by atoms with Gasteiger partial charge in [0.2, 0.25) is 5.82 Å². The van der Waals surface area contributed by atoms with Crippen LogP contribution in [0.4, 0.5) is 19.0 Å². The molecular formula is C16H18F3N7. The summed E-state index contributed by atoms with van der Waals surface area (Å²) in [5, 5.41) is 4.30. The van der Waals surface area contributed by atoms with Crippen LogP contribution in [0.3, 0.4) is 0 Å². The van der Waals surface area contributed by atoms with E-state index in [2.05, 4.69) is 25.0 Å². The summed E-state index contributed by atoms with van der Waals surface area (Å²) in [7, 11) is 0. The van der Waals surface area contributed by atoms with Crippen LogP contribution in [0.1, 0.15) is 37.1 Å². The molecule has 0 spiro atoms. The molecule has 1 fully saturated rings. The fraction of sp³-hybridized carbons (Fsp3) is 0.500. The van der Waals surface area contributed by atoms with Crippen molar-refractivity contribution in [2.75, 3.05) is 18.0 Å². The Morgan fingerprint density at radius 1 is 1.23 bits per heavy atom. The van der Waals surface area contributed by atoms with E-state index in [9.17, 15) is 13.2 Å². The van der Waals surface area contributed by atoms with Gasteiger partial charge in [0, 0.05) is 25.8 Å². The largest absolute Gasteiger partial charge is 0.451 e. The van der Waals surface area contributed by atoms with E-state index in [1.165, 1.54) is 11.9 Å². The van der Waals surface area contributed by atoms with E-state index >= 15 is 0 Å². The summed E-state index contributed by atoms with van der Waals surface area (Å²) in [5.74, 6) is -0.534. The minimum atomic E-state index is -4.60. The monoisotopic (exact) mass is 365 g/mol. The lowest BCUT2D eigenvalue weighted by molar-refractivity contribution is -0.144. The van der Waals surface area contributed by atoms with Gasteiger partial charge in [-0.05, 0) is 31.2 Å². The third-order valence-electron chi connectivity index (χ3n) is 4.76. The molecule has 0 unspecified atom stereocenters. The summed E-state index contributed by atoms with van der Waals surface area (Å²) in [6, 6.07) is 0. The van der Waals surface area contributed by atoms with Gasteiger partial charge in [0.1, 0.15) is 5.52 Å². The number of imidazole rings is 1. The lowest BCUT2D eigenvalue weighted by Gasteiger charge is -2.32. The number of hydrogen-bond acceptors (Lipinski definition) is 5. The van der Waals surface area contributed by atoms with Gasteiger partial charge in [-0.25, -0.2) is 15.0 Å². The van der Waals surface area contributed by atoms with Crippen molar-refractivity contribution in [3.05, 3.63) is 30.1 Å².